The van der Waals surface area contributed by atoms with Gasteiger partial charge in [0.1, 0.15) is 28.0 Å². The first-order valence-corrected chi connectivity index (χ1v) is 26.4. The highest BCUT2D eigenvalue weighted by Gasteiger charge is 2.67. The number of hydrogen-bond donors (Lipinski definition) is 6. The molecule has 0 saturated heterocycles. The van der Waals surface area contributed by atoms with Gasteiger partial charge in [-0.15, -0.1) is 5.06 Å². The highest BCUT2D eigenvalue weighted by Crippen LogP contribution is 2.67. The van der Waals surface area contributed by atoms with Crippen molar-refractivity contribution in [3.63, 3.8) is 0 Å². The van der Waals surface area contributed by atoms with Gasteiger partial charge in [0.2, 0.25) is 0 Å². The summed E-state index contributed by atoms with van der Waals surface area (Å²) in [4.78, 5) is 80.0. The fourth-order valence-electron chi connectivity index (χ4n) is 12.6. The third-order valence-corrected chi connectivity index (χ3v) is 17.4. The number of hydrogen-bond acceptors (Lipinski definition) is 15. The number of aliphatic hydroxyl groups is 3. The summed E-state index contributed by atoms with van der Waals surface area (Å²) in [6.45, 7) is 28.5. The molecule has 9 aliphatic carbocycles. The van der Waals surface area contributed by atoms with Gasteiger partial charge in [-0.05, 0) is 224 Å². The number of nitrogens with zero attached hydrogens (tertiary/aromatic N) is 2. The van der Waals surface area contributed by atoms with Crippen molar-refractivity contribution in [1.82, 2.24) is 15.6 Å². The summed E-state index contributed by atoms with van der Waals surface area (Å²) in [6.07, 6.45) is 10.2. The summed E-state index contributed by atoms with van der Waals surface area (Å²) >= 11 is 0. The lowest BCUT2D eigenvalue weighted by molar-refractivity contribution is -0.180. The lowest BCUT2D eigenvalue weighted by Gasteiger charge is -2.39. The third kappa shape index (κ3) is 10.5. The summed E-state index contributed by atoms with van der Waals surface area (Å²) in [5.74, 6) is -1.37. The lowest BCUT2D eigenvalue weighted by Crippen LogP contribution is -2.49. The van der Waals surface area contributed by atoms with E-state index in [1.807, 2.05) is 40.7 Å². The number of Topliss-reactive ketones (excluding diaryl/α,β-unsaturated/α-hetero) is 3. The van der Waals surface area contributed by atoms with Crippen molar-refractivity contribution >= 4 is 35.5 Å². The van der Waals surface area contributed by atoms with E-state index in [0.717, 1.165) is 112 Å². The summed E-state index contributed by atoms with van der Waals surface area (Å²) in [7, 11) is 0. The number of nitrogens with one attached hydrogen (secondary N) is 1. The second-order valence-corrected chi connectivity index (χ2v) is 24.8. The van der Waals surface area contributed by atoms with Crippen molar-refractivity contribution in [3.8, 4) is 0 Å². The lowest BCUT2D eigenvalue weighted by atomic mass is 9.67. The van der Waals surface area contributed by atoms with E-state index in [0.29, 0.717) is 28.3 Å². The third-order valence-electron chi connectivity index (χ3n) is 17.4. The van der Waals surface area contributed by atoms with E-state index in [2.05, 4.69) is 12.4 Å². The second-order valence-electron chi connectivity index (χ2n) is 24.8. The van der Waals surface area contributed by atoms with Crippen LogP contribution < -0.4 is 5.48 Å². The maximum Gasteiger partial charge on any atom is 0.444 e. The van der Waals surface area contributed by atoms with Crippen LogP contribution >= 0.6 is 0 Å². The van der Waals surface area contributed by atoms with Gasteiger partial charge in [0.25, 0.3) is 0 Å². The molecule has 3 saturated carbocycles. The van der Waals surface area contributed by atoms with Gasteiger partial charge in [-0.1, -0.05) is 31.6 Å². The summed E-state index contributed by atoms with van der Waals surface area (Å²) in [6, 6.07) is 0. The number of carbonyl (C=O) groups excluding carboxylic acids is 6. The minimum atomic E-state index is -1.44. The Morgan fingerprint density at radius 1 is 0.577 bits per heavy atom. The first-order chi connectivity index (χ1) is 34.9. The fraction of sp³-hybridized carbons (Fsp3) is 0.607. The Kier molecular flexibility index (Phi) is 17.2. The van der Waals surface area contributed by atoms with Crippen molar-refractivity contribution in [2.45, 2.75) is 205 Å². The SMILES string of the molecule is C.C.CC(=O)ON(CC1=C(C)C=C2C(=O)[C@](C)(O)C3(CC3)C(C)=C21)C(=O)OC(C)(C)C.CC1=C(CCCNO)C2=C(C)C3(CC3)[C@@](C)(O)C(=O)C2=C1.CC1=C(CN(O)C(=O)OC(C)(C)C)C2=C(C)C3(CC3)[C@@](C)(O)C(=O)C2=C1. The quantitative estimate of drug-likeness (QED) is 0.0751. The molecule has 17 nitrogen and oxygen atoms in total. The average Bonchev–Trinajstić information content (AvgIpc) is 4.23. The predicted octanol–water partition coefficient (Wildman–Crippen LogP) is 10.4. The molecule has 0 aliphatic heterocycles. The minimum absolute atomic E-state index is 0. The van der Waals surface area contributed by atoms with Crippen LogP contribution in [0.15, 0.2) is 102 Å². The molecule has 6 N–H and O–H groups in total. The van der Waals surface area contributed by atoms with Crippen molar-refractivity contribution in [2.24, 2.45) is 16.2 Å². The Morgan fingerprint density at radius 3 is 1.22 bits per heavy atom. The Hall–Kier alpha value is -5.56. The van der Waals surface area contributed by atoms with Crippen molar-refractivity contribution < 1.29 is 68.8 Å². The molecule has 0 heterocycles. The molecule has 0 radical (unpaired) electrons. The van der Waals surface area contributed by atoms with Gasteiger partial charge in [0, 0.05) is 46.4 Å². The molecule has 17 heteroatoms. The van der Waals surface area contributed by atoms with Gasteiger partial charge < -0.3 is 34.8 Å². The Morgan fingerprint density at radius 2 is 0.897 bits per heavy atom. The van der Waals surface area contributed by atoms with E-state index in [4.69, 9.17) is 19.5 Å². The molecule has 0 aromatic carbocycles. The van der Waals surface area contributed by atoms with Gasteiger partial charge in [-0.25, -0.2) is 15.1 Å². The second kappa shape index (κ2) is 21.2. The van der Waals surface area contributed by atoms with Crippen LogP contribution in [-0.4, -0.2) is 119 Å². The number of amides is 2. The molecular formula is C61H87N3O14. The molecule has 0 unspecified atom stereocenters. The maximum absolute atomic E-state index is 13.0. The van der Waals surface area contributed by atoms with Crippen molar-refractivity contribution in [2.75, 3.05) is 19.6 Å². The van der Waals surface area contributed by atoms with Gasteiger partial charge in [-0.3, -0.25) is 24.4 Å². The topological polar surface area (TPSA) is 250 Å². The molecule has 9 aliphatic rings. The first-order valence-electron chi connectivity index (χ1n) is 26.4. The number of hydroxylamine groups is 5. The van der Waals surface area contributed by atoms with Crippen LogP contribution in [0.3, 0.4) is 0 Å². The Labute approximate surface area is 461 Å². The van der Waals surface area contributed by atoms with Crippen LogP contribution in [0.1, 0.15) is 177 Å². The van der Waals surface area contributed by atoms with Gasteiger partial charge in [0.15, 0.2) is 17.3 Å². The van der Waals surface area contributed by atoms with E-state index in [1.54, 1.807) is 74.5 Å². The van der Waals surface area contributed by atoms with Gasteiger partial charge in [0.05, 0.1) is 13.1 Å². The zero-order valence-electron chi connectivity index (χ0n) is 47.3. The molecule has 3 atom stereocenters. The molecule has 0 aromatic heterocycles. The highest BCUT2D eigenvalue weighted by atomic mass is 16.8. The average molecular weight is 1090 g/mol. The zero-order chi connectivity index (χ0) is 57.0. The van der Waals surface area contributed by atoms with Crippen molar-refractivity contribution in [1.29, 1.82) is 0 Å². The summed E-state index contributed by atoms with van der Waals surface area (Å²) in [5.41, 5.74) is 7.73. The summed E-state index contributed by atoms with van der Waals surface area (Å²) < 4.78 is 10.6. The standard InChI is InChI=1S/C22H29NO6.C20H27NO5.C17H23NO3.2CH4/c1-12-10-15-17(13(2)22(8-9-22)21(7,27)18(15)25)16(12)11-23(29-14(3)24)19(26)28-20(4,5)6;1-11-9-13-15(12(2)20(7-8-20)19(6,24)16(13)22)14(11)10-21(25)17(23)26-18(3,4)5;1-10-9-13-14(12(10)5-4-8-18-21)11(2)17(6-7-17)16(3,20)15(13)19;;/h10,27H,8-9,11H2,1-7H3;9,24-25H,7-8,10H2,1-6H3;9,18,20-21H,4-8H2,1-3H3;2*1H4/t21-;19-;16-;;/m000../s1. The molecule has 0 bridgehead atoms. The Bertz CT molecular complexity index is 2900. The number of rotatable bonds is 8. The largest absolute Gasteiger partial charge is 0.444 e. The zero-order valence-corrected chi connectivity index (χ0v) is 47.3. The fourth-order valence-corrected chi connectivity index (χ4v) is 12.6. The van der Waals surface area contributed by atoms with Crippen molar-refractivity contribution in [3.05, 3.63) is 102 Å². The molecule has 9 rings (SSSR count). The van der Waals surface area contributed by atoms with E-state index in [9.17, 15) is 49.3 Å². The van der Waals surface area contributed by atoms with Crippen LogP contribution in [0.2, 0.25) is 0 Å². The highest BCUT2D eigenvalue weighted by molar-refractivity contribution is 6.12. The van der Waals surface area contributed by atoms with Crippen LogP contribution in [0, 0.1) is 16.2 Å². The number of allylic oxidation sites excluding steroid dienone is 8. The van der Waals surface area contributed by atoms with Crippen LogP contribution in [0.4, 0.5) is 9.59 Å². The maximum atomic E-state index is 13.0. The molecular weight excluding hydrogens is 999 g/mol. The smallest absolute Gasteiger partial charge is 0.442 e. The van der Waals surface area contributed by atoms with Crippen LogP contribution in [-0.2, 0) is 33.5 Å². The normalized spacial score (nSPS) is 26.4. The first kappa shape index (κ1) is 63.3. The molecule has 3 fully saturated rings. The molecule has 0 aromatic rings. The minimum Gasteiger partial charge on any atom is -0.442 e. The van der Waals surface area contributed by atoms with E-state index in [1.165, 1.54) is 18.1 Å². The van der Waals surface area contributed by atoms with E-state index < -0.39 is 57.0 Å². The number of fused-ring (bicyclic) bond motifs is 3. The molecule has 3 spiro atoms. The van der Waals surface area contributed by atoms with Crippen LogP contribution in [0.5, 0.6) is 0 Å². The molecule has 2 amide bonds. The monoisotopic (exact) mass is 1090 g/mol. The van der Waals surface area contributed by atoms with Gasteiger partial charge >= 0.3 is 18.2 Å². The number of carbonyl (C=O) groups is 6. The molecule has 78 heavy (non-hydrogen) atoms. The number of ketones is 3. The molecule has 430 valence electrons. The number of ether oxygens (including phenoxy) is 2. The predicted molar refractivity (Wildman–Crippen MR) is 294 cm³/mol. The summed E-state index contributed by atoms with van der Waals surface area (Å²) in [5, 5.41) is 52.9. The van der Waals surface area contributed by atoms with Gasteiger partial charge in [-0.2, -0.15) is 5.06 Å². The Balaban J connectivity index is 0.000000215. The van der Waals surface area contributed by atoms with E-state index in [-0.39, 0.29) is 50.7 Å². The van der Waals surface area contributed by atoms with Crippen LogP contribution in [0.25, 0.3) is 0 Å². The van der Waals surface area contributed by atoms with E-state index >= 15 is 0 Å².